The van der Waals surface area contributed by atoms with E-state index in [9.17, 15) is 27.9 Å². The van der Waals surface area contributed by atoms with Crippen LogP contribution in [-0.2, 0) is 7.05 Å². The number of rotatable bonds is 5. The van der Waals surface area contributed by atoms with Gasteiger partial charge < -0.3 is 14.7 Å². The van der Waals surface area contributed by atoms with Gasteiger partial charge in [-0.15, -0.1) is 0 Å². The molecule has 1 aromatic carbocycles. The number of ether oxygens (including phenoxy) is 1. The van der Waals surface area contributed by atoms with E-state index < -0.39 is 41.6 Å². The van der Waals surface area contributed by atoms with Crippen molar-refractivity contribution in [1.82, 2.24) is 24.7 Å². The number of likely N-dealkylation sites (tertiary alicyclic amines) is 1. The van der Waals surface area contributed by atoms with Gasteiger partial charge in [0.15, 0.2) is 11.6 Å². The van der Waals surface area contributed by atoms with E-state index in [4.69, 9.17) is 4.74 Å². The lowest BCUT2D eigenvalue weighted by Crippen LogP contribution is -2.58. The quantitative estimate of drug-likeness (QED) is 0.576. The smallest absolute Gasteiger partial charge is 0.341 e. The van der Waals surface area contributed by atoms with Crippen LogP contribution in [0.2, 0.25) is 0 Å². The van der Waals surface area contributed by atoms with Gasteiger partial charge in [-0.25, -0.2) is 27.8 Å². The molecule has 0 spiro atoms. The van der Waals surface area contributed by atoms with Gasteiger partial charge in [0.1, 0.15) is 29.0 Å². The van der Waals surface area contributed by atoms with Crippen LogP contribution in [0.1, 0.15) is 28.4 Å². The lowest BCUT2D eigenvalue weighted by molar-refractivity contribution is 0.0256. The Balaban J connectivity index is 1.26. The first-order chi connectivity index (χ1) is 17.2. The van der Waals surface area contributed by atoms with Crippen molar-refractivity contribution < 1.29 is 32.6 Å². The molecule has 1 fully saturated rings. The Bertz CT molecular complexity index is 1370. The fourth-order valence-electron chi connectivity index (χ4n) is 4.17. The Kier molecular flexibility index (Phi) is 5.82. The predicted molar refractivity (Wildman–Crippen MR) is 119 cm³/mol. The number of hydrogen-bond acceptors (Lipinski definition) is 6. The fourth-order valence-corrected chi connectivity index (χ4v) is 4.17. The summed E-state index contributed by atoms with van der Waals surface area (Å²) in [7, 11) is 1.54. The molecule has 2 aliphatic heterocycles. The van der Waals surface area contributed by atoms with Crippen molar-refractivity contribution in [3.05, 3.63) is 65.2 Å². The molecule has 10 nitrogen and oxygen atoms in total. The van der Waals surface area contributed by atoms with E-state index in [1.807, 2.05) is 0 Å². The number of urea groups is 1. The lowest BCUT2D eigenvalue weighted by Gasteiger charge is -2.41. The second-order valence-corrected chi connectivity index (χ2v) is 8.36. The van der Waals surface area contributed by atoms with Crippen LogP contribution in [0.25, 0.3) is 11.4 Å². The number of halogens is 3. The van der Waals surface area contributed by atoms with E-state index in [-0.39, 0.29) is 41.4 Å². The maximum absolute atomic E-state index is 14.4. The number of aryl methyl sites for hydroxylation is 1. The van der Waals surface area contributed by atoms with E-state index >= 15 is 0 Å². The third-order valence-corrected chi connectivity index (χ3v) is 5.94. The van der Waals surface area contributed by atoms with E-state index in [1.54, 1.807) is 0 Å². The Morgan fingerprint density at radius 1 is 1.08 bits per heavy atom. The molecule has 36 heavy (non-hydrogen) atoms. The Labute approximate surface area is 202 Å². The number of carboxylic acid groups (broad SMARTS) is 1. The molecule has 3 aromatic rings. The van der Waals surface area contributed by atoms with Gasteiger partial charge in [-0.1, -0.05) is 0 Å². The molecule has 0 radical (unpaired) electrons. The van der Waals surface area contributed by atoms with Crippen molar-refractivity contribution in [1.29, 1.82) is 0 Å². The minimum atomic E-state index is -1.20. The second kappa shape index (κ2) is 8.98. The van der Waals surface area contributed by atoms with Crippen molar-refractivity contribution in [3.63, 3.8) is 0 Å². The second-order valence-electron chi connectivity index (χ2n) is 8.36. The summed E-state index contributed by atoms with van der Waals surface area (Å²) < 4.78 is 48.7. The number of benzene rings is 1. The summed E-state index contributed by atoms with van der Waals surface area (Å²) in [6, 6.07) is 3.23. The summed E-state index contributed by atoms with van der Waals surface area (Å²) in [4.78, 5) is 29.8. The largest absolute Gasteiger partial charge is 0.483 e. The van der Waals surface area contributed by atoms with E-state index in [0.717, 1.165) is 29.4 Å². The highest BCUT2D eigenvalue weighted by atomic mass is 19.1. The molecule has 1 unspecified atom stereocenters. The molecule has 0 bridgehead atoms. The number of carbonyl (C=O) groups excluding carboxylic acids is 1. The number of hydrazone groups is 1. The molecule has 2 amide bonds. The van der Waals surface area contributed by atoms with Gasteiger partial charge >= 0.3 is 12.0 Å². The molecule has 2 aliphatic rings. The van der Waals surface area contributed by atoms with Crippen molar-refractivity contribution >= 4 is 18.2 Å². The predicted octanol–water partition coefficient (Wildman–Crippen LogP) is 3.21. The zero-order valence-electron chi connectivity index (χ0n) is 18.8. The SMILES string of the molecule is Cn1ncc(C(=O)O)c1-c1cc(OC2CN(C(=O)N3N=CCC3c3cc(F)cc(F)c3)C2)c(F)cn1. The van der Waals surface area contributed by atoms with Crippen molar-refractivity contribution in [2.24, 2.45) is 12.1 Å². The molecule has 1 atom stereocenters. The van der Waals surface area contributed by atoms with Crippen molar-refractivity contribution in [3.8, 4) is 17.1 Å². The third kappa shape index (κ3) is 4.23. The van der Waals surface area contributed by atoms with Gasteiger partial charge in [-0.3, -0.25) is 9.67 Å². The molecular formula is C23H19F3N6O4. The zero-order chi connectivity index (χ0) is 25.6. The number of nitrogens with zero attached hydrogens (tertiary/aromatic N) is 6. The number of amides is 2. The number of aromatic nitrogens is 3. The minimum Gasteiger partial charge on any atom is -0.483 e. The van der Waals surface area contributed by atoms with Crippen molar-refractivity contribution in [2.45, 2.75) is 18.6 Å². The molecule has 13 heteroatoms. The van der Waals surface area contributed by atoms with Gasteiger partial charge in [-0.2, -0.15) is 10.2 Å². The zero-order valence-corrected chi connectivity index (χ0v) is 18.8. The van der Waals surface area contributed by atoms with Crippen LogP contribution < -0.4 is 4.74 Å². The van der Waals surface area contributed by atoms with Gasteiger partial charge in [0.05, 0.1) is 37.2 Å². The standard InChI is InChI=1S/C23H19F3N6O4/c1-30-21(16(8-29-30)22(33)34)18-7-20(17(26)9-27-18)36-15-10-31(11-15)23(35)32-19(2-3-28-32)12-4-13(24)6-14(25)5-12/h3-9,15,19H,2,10-11H2,1H3,(H,33,34). The average Bonchev–Trinajstić information content (AvgIpc) is 3.43. The maximum atomic E-state index is 14.4. The Hall–Kier alpha value is -4.42. The van der Waals surface area contributed by atoms with Crippen LogP contribution >= 0.6 is 0 Å². The number of pyridine rings is 1. The molecule has 1 saturated heterocycles. The maximum Gasteiger partial charge on any atom is 0.341 e. The summed E-state index contributed by atoms with van der Waals surface area (Å²) in [5, 5.41) is 18.5. The summed E-state index contributed by atoms with van der Waals surface area (Å²) in [6.45, 7) is 0.247. The van der Waals surface area contributed by atoms with E-state index in [0.29, 0.717) is 6.42 Å². The molecule has 5 rings (SSSR count). The highest BCUT2D eigenvalue weighted by Gasteiger charge is 2.39. The van der Waals surface area contributed by atoms with Crippen LogP contribution in [0.3, 0.4) is 0 Å². The number of aromatic carboxylic acids is 1. The Morgan fingerprint density at radius 2 is 1.81 bits per heavy atom. The first-order valence-corrected chi connectivity index (χ1v) is 10.9. The third-order valence-electron chi connectivity index (χ3n) is 5.94. The summed E-state index contributed by atoms with van der Waals surface area (Å²) in [6.07, 6.45) is 3.36. The number of hydrogen-bond donors (Lipinski definition) is 1. The van der Waals surface area contributed by atoms with Gasteiger partial charge in [0, 0.05) is 31.8 Å². The van der Waals surface area contributed by atoms with Gasteiger partial charge in [0.25, 0.3) is 0 Å². The van der Waals surface area contributed by atoms with Crippen LogP contribution in [0.15, 0.2) is 41.8 Å². The highest BCUT2D eigenvalue weighted by Crippen LogP contribution is 2.32. The normalized spacial score (nSPS) is 17.4. The number of carbonyl (C=O) groups is 2. The average molecular weight is 500 g/mol. The molecule has 186 valence electrons. The van der Waals surface area contributed by atoms with Crippen LogP contribution in [0, 0.1) is 17.5 Å². The first-order valence-electron chi connectivity index (χ1n) is 10.9. The summed E-state index contributed by atoms with van der Waals surface area (Å²) >= 11 is 0. The highest BCUT2D eigenvalue weighted by molar-refractivity contribution is 5.94. The summed E-state index contributed by atoms with van der Waals surface area (Å²) in [5.41, 5.74) is 0.535. The van der Waals surface area contributed by atoms with E-state index in [2.05, 4.69) is 15.2 Å². The molecule has 2 aromatic heterocycles. The fraction of sp³-hybridized carbons (Fsp3) is 0.261. The van der Waals surface area contributed by atoms with Crippen LogP contribution in [0.5, 0.6) is 5.75 Å². The topological polar surface area (TPSA) is 113 Å². The molecule has 1 N–H and O–H groups in total. The molecule has 0 saturated carbocycles. The molecule has 4 heterocycles. The lowest BCUT2D eigenvalue weighted by atomic mass is 10.0. The van der Waals surface area contributed by atoms with Crippen molar-refractivity contribution in [2.75, 3.05) is 13.1 Å². The van der Waals surface area contributed by atoms with Crippen LogP contribution in [-0.4, -0.2) is 67.2 Å². The molecular weight excluding hydrogens is 481 g/mol. The van der Waals surface area contributed by atoms with Gasteiger partial charge in [-0.05, 0) is 17.7 Å². The Morgan fingerprint density at radius 3 is 2.50 bits per heavy atom. The first kappa shape index (κ1) is 23.3. The minimum absolute atomic E-state index is 0.0955. The summed E-state index contributed by atoms with van der Waals surface area (Å²) in [5.74, 6) is -3.60. The van der Waals surface area contributed by atoms with Gasteiger partial charge in [0.2, 0.25) is 0 Å². The monoisotopic (exact) mass is 500 g/mol. The molecule has 0 aliphatic carbocycles. The number of carboxylic acids is 1. The van der Waals surface area contributed by atoms with Crippen LogP contribution in [0.4, 0.5) is 18.0 Å². The van der Waals surface area contributed by atoms with E-state index in [1.165, 1.54) is 35.1 Å².